The van der Waals surface area contributed by atoms with Crippen molar-refractivity contribution < 1.29 is 19.7 Å². The van der Waals surface area contributed by atoms with Crippen molar-refractivity contribution in [3.05, 3.63) is 35.4 Å². The number of aryl methyl sites for hydroxylation is 1. The molecule has 0 aliphatic heterocycles. The first-order chi connectivity index (χ1) is 9.72. The van der Waals surface area contributed by atoms with Crippen molar-refractivity contribution in [2.24, 2.45) is 5.92 Å². The van der Waals surface area contributed by atoms with Crippen LogP contribution in [0.2, 0.25) is 0 Å². The highest BCUT2D eigenvalue weighted by Gasteiger charge is 2.29. The molecule has 0 fully saturated rings. The number of ether oxygens (including phenoxy) is 2. The van der Waals surface area contributed by atoms with Crippen LogP contribution in [-0.4, -0.2) is 43.2 Å². The Morgan fingerprint density at radius 1 is 1.30 bits per heavy atom. The Morgan fingerprint density at radius 3 is 2.90 bits per heavy atom. The molecule has 2 rings (SSSR count). The largest absolute Gasteiger partial charge is 0.391 e. The van der Waals surface area contributed by atoms with Gasteiger partial charge in [0.25, 0.3) is 0 Å². The van der Waals surface area contributed by atoms with Crippen molar-refractivity contribution in [3.8, 4) is 0 Å². The number of rotatable bonds is 7. The van der Waals surface area contributed by atoms with E-state index >= 15 is 0 Å². The molecule has 3 atom stereocenters. The third kappa shape index (κ3) is 4.03. The topological polar surface area (TPSA) is 58.9 Å². The number of hydrogen-bond donors (Lipinski definition) is 2. The maximum Gasteiger partial charge on any atom is 0.0821 e. The highest BCUT2D eigenvalue weighted by atomic mass is 16.5. The van der Waals surface area contributed by atoms with Gasteiger partial charge in [-0.25, -0.2) is 0 Å². The molecule has 20 heavy (non-hydrogen) atoms. The first-order valence-corrected chi connectivity index (χ1v) is 7.23. The Morgan fingerprint density at radius 2 is 2.10 bits per heavy atom. The average Bonchev–Trinajstić information content (AvgIpc) is 2.47. The minimum atomic E-state index is -0.531. The first kappa shape index (κ1) is 15.4. The maximum atomic E-state index is 10.4. The second-order valence-electron chi connectivity index (χ2n) is 5.40. The van der Waals surface area contributed by atoms with Gasteiger partial charge in [-0.15, -0.1) is 0 Å². The van der Waals surface area contributed by atoms with E-state index in [9.17, 15) is 10.2 Å². The summed E-state index contributed by atoms with van der Waals surface area (Å²) < 4.78 is 10.2. The van der Waals surface area contributed by atoms with Crippen LogP contribution in [0.15, 0.2) is 24.3 Å². The second kappa shape index (κ2) is 7.74. The van der Waals surface area contributed by atoms with Crippen molar-refractivity contribution in [2.45, 2.75) is 31.5 Å². The van der Waals surface area contributed by atoms with Gasteiger partial charge in [0, 0.05) is 7.11 Å². The molecule has 0 amide bonds. The molecule has 0 bridgehead atoms. The summed E-state index contributed by atoms with van der Waals surface area (Å²) in [6.45, 7) is 1.32. The predicted octanol–water partition coefficient (Wildman–Crippen LogP) is 1.70. The molecule has 4 nitrogen and oxygen atoms in total. The fourth-order valence-corrected chi connectivity index (χ4v) is 2.83. The van der Waals surface area contributed by atoms with Gasteiger partial charge in [0.1, 0.15) is 0 Å². The van der Waals surface area contributed by atoms with Crippen LogP contribution in [-0.2, 0) is 15.9 Å². The number of aliphatic hydroxyl groups excluding tert-OH is 2. The molecule has 1 aromatic carbocycles. The Bertz CT molecular complexity index is 407. The Kier molecular flexibility index (Phi) is 5.98. The lowest BCUT2D eigenvalue weighted by atomic mass is 9.79. The van der Waals surface area contributed by atoms with Crippen LogP contribution < -0.4 is 0 Å². The molecule has 0 heterocycles. The number of benzene rings is 1. The third-order valence-electron chi connectivity index (χ3n) is 3.92. The molecular formula is C16H24O4. The standard InChI is InChI=1S/C16H24O4/c1-19-8-9-20-11-14(17)10-13-7-6-12-4-2-3-5-15(12)16(13)18/h2-5,13-14,16-18H,6-11H2,1H3. The Hall–Kier alpha value is -0.940. The van der Waals surface area contributed by atoms with Gasteiger partial charge >= 0.3 is 0 Å². The Labute approximate surface area is 120 Å². The predicted molar refractivity (Wildman–Crippen MR) is 76.5 cm³/mol. The van der Waals surface area contributed by atoms with Crippen LogP contribution in [0.25, 0.3) is 0 Å². The van der Waals surface area contributed by atoms with Crippen molar-refractivity contribution in [1.82, 2.24) is 0 Å². The summed E-state index contributed by atoms with van der Waals surface area (Å²) in [6, 6.07) is 8.01. The third-order valence-corrected chi connectivity index (χ3v) is 3.92. The Balaban J connectivity index is 1.82. The molecule has 1 aliphatic carbocycles. The van der Waals surface area contributed by atoms with Crippen molar-refractivity contribution in [3.63, 3.8) is 0 Å². The van der Waals surface area contributed by atoms with Gasteiger partial charge in [0.05, 0.1) is 32.0 Å². The van der Waals surface area contributed by atoms with E-state index in [1.54, 1.807) is 7.11 Å². The van der Waals surface area contributed by atoms with Crippen LogP contribution in [0.4, 0.5) is 0 Å². The van der Waals surface area contributed by atoms with Crippen molar-refractivity contribution in [2.75, 3.05) is 26.9 Å². The van der Waals surface area contributed by atoms with Crippen LogP contribution in [0, 0.1) is 5.92 Å². The number of methoxy groups -OCH3 is 1. The van der Waals surface area contributed by atoms with Gasteiger partial charge in [0.15, 0.2) is 0 Å². The van der Waals surface area contributed by atoms with Gasteiger partial charge in [-0.3, -0.25) is 0 Å². The molecular weight excluding hydrogens is 256 g/mol. The average molecular weight is 280 g/mol. The minimum Gasteiger partial charge on any atom is -0.391 e. The van der Waals surface area contributed by atoms with Crippen LogP contribution in [0.5, 0.6) is 0 Å². The molecule has 1 aromatic rings. The van der Waals surface area contributed by atoms with Crippen molar-refractivity contribution in [1.29, 1.82) is 0 Å². The molecule has 0 radical (unpaired) electrons. The summed E-state index contributed by atoms with van der Waals surface area (Å²) in [4.78, 5) is 0. The van der Waals surface area contributed by atoms with Crippen LogP contribution >= 0.6 is 0 Å². The number of fused-ring (bicyclic) bond motifs is 1. The van der Waals surface area contributed by atoms with Crippen LogP contribution in [0.1, 0.15) is 30.1 Å². The van der Waals surface area contributed by atoms with Crippen molar-refractivity contribution >= 4 is 0 Å². The molecule has 0 saturated carbocycles. The first-order valence-electron chi connectivity index (χ1n) is 7.23. The van der Waals surface area contributed by atoms with Crippen LogP contribution in [0.3, 0.4) is 0 Å². The summed E-state index contributed by atoms with van der Waals surface area (Å²) >= 11 is 0. The van der Waals surface area contributed by atoms with E-state index in [1.165, 1.54) is 5.56 Å². The summed E-state index contributed by atoms with van der Waals surface area (Å²) in [6.07, 6.45) is 1.44. The number of hydrogen-bond acceptors (Lipinski definition) is 4. The highest BCUT2D eigenvalue weighted by Crippen LogP contribution is 2.36. The highest BCUT2D eigenvalue weighted by molar-refractivity contribution is 5.31. The van der Waals surface area contributed by atoms with E-state index in [1.807, 2.05) is 18.2 Å². The summed E-state index contributed by atoms with van der Waals surface area (Å²) in [7, 11) is 1.62. The van der Waals surface area contributed by atoms with Gasteiger partial charge in [-0.05, 0) is 36.3 Å². The lowest BCUT2D eigenvalue weighted by Crippen LogP contribution is -2.27. The molecule has 3 unspecified atom stereocenters. The van der Waals surface area contributed by atoms with E-state index in [-0.39, 0.29) is 5.92 Å². The van der Waals surface area contributed by atoms with E-state index in [0.29, 0.717) is 26.2 Å². The minimum absolute atomic E-state index is 0.103. The summed E-state index contributed by atoms with van der Waals surface area (Å²) in [5, 5.41) is 20.4. The van der Waals surface area contributed by atoms with Gasteiger partial charge in [-0.1, -0.05) is 24.3 Å². The molecule has 0 saturated heterocycles. The zero-order chi connectivity index (χ0) is 14.4. The summed E-state index contributed by atoms with van der Waals surface area (Å²) in [5.41, 5.74) is 2.23. The fourth-order valence-electron chi connectivity index (χ4n) is 2.83. The smallest absolute Gasteiger partial charge is 0.0821 e. The van der Waals surface area contributed by atoms with E-state index < -0.39 is 12.2 Å². The van der Waals surface area contributed by atoms with E-state index in [4.69, 9.17) is 9.47 Å². The lowest BCUT2D eigenvalue weighted by Gasteiger charge is -2.31. The van der Waals surface area contributed by atoms with Gasteiger partial charge in [0.2, 0.25) is 0 Å². The maximum absolute atomic E-state index is 10.4. The molecule has 2 N–H and O–H groups in total. The molecule has 0 aromatic heterocycles. The normalized spacial score (nSPS) is 23.4. The van der Waals surface area contributed by atoms with E-state index in [0.717, 1.165) is 18.4 Å². The fraction of sp³-hybridized carbons (Fsp3) is 0.625. The van der Waals surface area contributed by atoms with E-state index in [2.05, 4.69) is 6.07 Å². The molecule has 112 valence electrons. The quantitative estimate of drug-likeness (QED) is 0.746. The molecule has 4 heteroatoms. The summed E-state index contributed by atoms with van der Waals surface area (Å²) in [5.74, 6) is 0.103. The zero-order valence-corrected chi connectivity index (χ0v) is 12.0. The SMILES string of the molecule is COCCOCC(O)CC1CCc2ccccc2C1O. The number of aliphatic hydroxyl groups is 2. The molecule has 1 aliphatic rings. The van der Waals surface area contributed by atoms with Gasteiger partial charge in [-0.2, -0.15) is 0 Å². The van der Waals surface area contributed by atoms with Gasteiger partial charge < -0.3 is 19.7 Å². The monoisotopic (exact) mass is 280 g/mol. The zero-order valence-electron chi connectivity index (χ0n) is 12.0. The molecule has 0 spiro atoms. The lowest BCUT2D eigenvalue weighted by molar-refractivity contribution is -0.0118. The second-order valence-corrected chi connectivity index (χ2v) is 5.40.